The number of benzene rings is 2. The first-order chi connectivity index (χ1) is 16.7. The van der Waals surface area contributed by atoms with E-state index >= 15 is 0 Å². The second-order valence-corrected chi connectivity index (χ2v) is 7.98. The summed E-state index contributed by atoms with van der Waals surface area (Å²) in [5, 5.41) is 25.0. The summed E-state index contributed by atoms with van der Waals surface area (Å²) in [7, 11) is 1.50. The lowest BCUT2D eigenvalue weighted by Gasteiger charge is -2.18. The fourth-order valence-electron chi connectivity index (χ4n) is 3.39. The van der Waals surface area contributed by atoms with Crippen molar-refractivity contribution in [2.75, 3.05) is 13.2 Å². The van der Waals surface area contributed by atoms with Crippen LogP contribution in [0.15, 0.2) is 53.5 Å². The molecule has 0 aliphatic rings. The van der Waals surface area contributed by atoms with Crippen molar-refractivity contribution in [3.63, 3.8) is 0 Å². The van der Waals surface area contributed by atoms with Gasteiger partial charge < -0.3 is 20.3 Å². The Morgan fingerprint density at radius 1 is 1.20 bits per heavy atom. The van der Waals surface area contributed by atoms with Gasteiger partial charge in [0.2, 0.25) is 0 Å². The molecule has 3 N–H and O–H groups in total. The lowest BCUT2D eigenvalue weighted by Crippen LogP contribution is -2.43. The van der Waals surface area contributed by atoms with E-state index in [0.717, 1.165) is 16.8 Å². The number of aliphatic hydroxyl groups is 2. The predicted molar refractivity (Wildman–Crippen MR) is 125 cm³/mol. The van der Waals surface area contributed by atoms with Crippen molar-refractivity contribution in [3.05, 3.63) is 86.5 Å². The lowest BCUT2D eigenvalue weighted by molar-refractivity contribution is -0.146. The van der Waals surface area contributed by atoms with Gasteiger partial charge in [0.1, 0.15) is 18.5 Å². The first-order valence-electron chi connectivity index (χ1n) is 10.5. The third-order valence-electron chi connectivity index (χ3n) is 5.17. The Hall–Kier alpha value is -3.60. The fourth-order valence-corrected chi connectivity index (χ4v) is 3.60. The molecule has 1 atom stereocenters. The summed E-state index contributed by atoms with van der Waals surface area (Å²) >= 11 is 6.00. The summed E-state index contributed by atoms with van der Waals surface area (Å²) in [6, 6.07) is 8.73. The summed E-state index contributed by atoms with van der Waals surface area (Å²) in [5.41, 5.74) is 1.29. The van der Waals surface area contributed by atoms with Crippen molar-refractivity contribution in [3.8, 4) is 11.1 Å². The zero-order valence-corrected chi connectivity index (χ0v) is 19.5. The van der Waals surface area contributed by atoms with Crippen LogP contribution in [0, 0.1) is 5.82 Å². The summed E-state index contributed by atoms with van der Waals surface area (Å²) in [4.78, 5) is 37.8. The van der Waals surface area contributed by atoms with Crippen LogP contribution in [0.25, 0.3) is 11.1 Å². The number of aromatic nitrogens is 2. The largest absolute Gasteiger partial charge is 0.462 e. The number of halogens is 2. The van der Waals surface area contributed by atoms with Gasteiger partial charge in [0, 0.05) is 19.0 Å². The van der Waals surface area contributed by atoms with Crippen LogP contribution in [-0.2, 0) is 29.6 Å². The summed E-state index contributed by atoms with van der Waals surface area (Å²) in [5.74, 6) is -2.24. The Morgan fingerprint density at radius 2 is 1.91 bits per heavy atom. The molecule has 0 aliphatic heterocycles. The predicted octanol–water partition coefficient (Wildman–Crippen LogP) is 1.61. The molecule has 0 fully saturated rings. The molecule has 0 unspecified atom stereocenters. The highest BCUT2D eigenvalue weighted by Gasteiger charge is 2.25. The highest BCUT2D eigenvalue weighted by atomic mass is 35.5. The van der Waals surface area contributed by atoms with Crippen LogP contribution >= 0.6 is 11.6 Å². The number of amides is 1. The SMILES string of the molecule is Cn1ncc(CO)c(-c2ccc(C[C@H](NC(=O)c3cc(F)ccc3Cl)C(=O)OCCO)cc2)c1=O. The first kappa shape index (κ1) is 26.0. The quantitative estimate of drug-likeness (QED) is 0.378. The summed E-state index contributed by atoms with van der Waals surface area (Å²) in [6.45, 7) is -1.03. The number of hydrogen-bond acceptors (Lipinski definition) is 7. The van der Waals surface area contributed by atoms with Crippen molar-refractivity contribution >= 4 is 23.5 Å². The number of hydrogen-bond donors (Lipinski definition) is 3. The zero-order valence-electron chi connectivity index (χ0n) is 18.7. The van der Waals surface area contributed by atoms with E-state index in [1.54, 1.807) is 24.3 Å². The molecule has 11 heteroatoms. The molecular formula is C24H23ClFN3O6. The highest BCUT2D eigenvalue weighted by molar-refractivity contribution is 6.33. The number of aryl methyl sites for hydroxylation is 1. The first-order valence-corrected chi connectivity index (χ1v) is 10.9. The third-order valence-corrected chi connectivity index (χ3v) is 5.50. The van der Waals surface area contributed by atoms with Crippen LogP contribution in [-0.4, -0.2) is 51.1 Å². The van der Waals surface area contributed by atoms with E-state index in [-0.39, 0.29) is 35.8 Å². The van der Waals surface area contributed by atoms with Crippen LogP contribution in [0.3, 0.4) is 0 Å². The van der Waals surface area contributed by atoms with Gasteiger partial charge in [0.15, 0.2) is 0 Å². The second-order valence-electron chi connectivity index (χ2n) is 7.57. The summed E-state index contributed by atoms with van der Waals surface area (Å²) in [6.07, 6.45) is 1.41. The number of esters is 1. The number of rotatable bonds is 9. The van der Waals surface area contributed by atoms with Crippen LogP contribution in [0.5, 0.6) is 0 Å². The normalized spacial score (nSPS) is 11.7. The van der Waals surface area contributed by atoms with Gasteiger partial charge in [-0.25, -0.2) is 13.9 Å². The lowest BCUT2D eigenvalue weighted by atomic mass is 9.99. The average Bonchev–Trinajstić information content (AvgIpc) is 2.85. The molecule has 3 rings (SSSR count). The number of nitrogens with zero attached hydrogens (tertiary/aromatic N) is 2. The Morgan fingerprint density at radius 3 is 2.57 bits per heavy atom. The Kier molecular flexibility index (Phi) is 8.69. The molecule has 0 spiro atoms. The summed E-state index contributed by atoms with van der Waals surface area (Å²) < 4.78 is 19.7. The van der Waals surface area contributed by atoms with Gasteiger partial charge in [-0.2, -0.15) is 5.10 Å². The Labute approximate surface area is 204 Å². The smallest absolute Gasteiger partial charge is 0.329 e. The second kappa shape index (κ2) is 11.7. The van der Waals surface area contributed by atoms with Gasteiger partial charge in [-0.15, -0.1) is 0 Å². The van der Waals surface area contributed by atoms with Crippen LogP contribution in [0.2, 0.25) is 5.02 Å². The van der Waals surface area contributed by atoms with E-state index in [4.69, 9.17) is 21.4 Å². The number of ether oxygens (including phenoxy) is 1. The van der Waals surface area contributed by atoms with Crippen LogP contribution < -0.4 is 10.9 Å². The van der Waals surface area contributed by atoms with E-state index < -0.39 is 30.3 Å². The monoisotopic (exact) mass is 503 g/mol. The molecule has 0 saturated carbocycles. The molecule has 3 aromatic rings. The van der Waals surface area contributed by atoms with E-state index in [9.17, 15) is 23.9 Å². The van der Waals surface area contributed by atoms with Gasteiger partial charge in [0.25, 0.3) is 11.5 Å². The van der Waals surface area contributed by atoms with Crippen LogP contribution in [0.4, 0.5) is 4.39 Å². The van der Waals surface area contributed by atoms with E-state index in [1.807, 2.05) is 0 Å². The van der Waals surface area contributed by atoms with Crippen molar-refractivity contribution in [2.45, 2.75) is 19.1 Å². The zero-order chi connectivity index (χ0) is 25.5. The molecule has 1 amide bonds. The third kappa shape index (κ3) is 6.30. The molecule has 35 heavy (non-hydrogen) atoms. The average molecular weight is 504 g/mol. The van der Waals surface area contributed by atoms with E-state index in [2.05, 4.69) is 10.4 Å². The van der Waals surface area contributed by atoms with E-state index in [0.29, 0.717) is 22.3 Å². The van der Waals surface area contributed by atoms with Crippen molar-refractivity contribution < 1.29 is 28.9 Å². The molecule has 9 nitrogen and oxygen atoms in total. The maximum Gasteiger partial charge on any atom is 0.329 e. The van der Waals surface area contributed by atoms with Gasteiger partial charge in [-0.05, 0) is 29.3 Å². The molecule has 0 radical (unpaired) electrons. The minimum atomic E-state index is -1.17. The minimum absolute atomic E-state index is 0.00439. The molecular weight excluding hydrogens is 481 g/mol. The standard InChI is InChI=1S/C24H23ClFN3O6/c1-29-23(33)21(16(13-31)12-27-29)15-4-2-14(3-5-15)10-20(24(34)35-9-8-30)28-22(32)18-11-17(26)6-7-19(18)25/h2-7,11-12,20,30-31H,8-10,13H2,1H3,(H,28,32)/t20-/m0/s1. The Balaban J connectivity index is 1.86. The maximum atomic E-state index is 13.6. The number of carbonyl (C=O) groups is 2. The van der Waals surface area contributed by atoms with Crippen molar-refractivity contribution in [1.29, 1.82) is 0 Å². The molecule has 1 aromatic heterocycles. The Bertz CT molecular complexity index is 1280. The van der Waals surface area contributed by atoms with Crippen LogP contribution in [0.1, 0.15) is 21.5 Å². The molecule has 0 aliphatic carbocycles. The van der Waals surface area contributed by atoms with E-state index in [1.165, 1.54) is 19.3 Å². The van der Waals surface area contributed by atoms with Crippen molar-refractivity contribution in [2.24, 2.45) is 7.05 Å². The molecule has 0 saturated heterocycles. The molecule has 2 aromatic carbocycles. The molecule has 0 bridgehead atoms. The minimum Gasteiger partial charge on any atom is -0.462 e. The van der Waals surface area contributed by atoms with Gasteiger partial charge in [0.05, 0.1) is 35.6 Å². The van der Waals surface area contributed by atoms with Gasteiger partial charge >= 0.3 is 5.97 Å². The number of nitrogens with one attached hydrogen (secondary N) is 1. The maximum absolute atomic E-state index is 13.6. The van der Waals surface area contributed by atoms with Crippen molar-refractivity contribution in [1.82, 2.24) is 15.1 Å². The van der Waals surface area contributed by atoms with Gasteiger partial charge in [-0.1, -0.05) is 35.9 Å². The number of carbonyl (C=O) groups excluding carboxylic acids is 2. The highest BCUT2D eigenvalue weighted by Crippen LogP contribution is 2.21. The molecule has 1 heterocycles. The fraction of sp³-hybridized carbons (Fsp3) is 0.250. The number of aliphatic hydroxyl groups excluding tert-OH is 2. The van der Waals surface area contributed by atoms with Gasteiger partial charge in [-0.3, -0.25) is 9.59 Å². The topological polar surface area (TPSA) is 131 Å². The molecule has 184 valence electrons.